The Balaban J connectivity index is 1.71. The maximum atomic E-state index is 13.2. The highest BCUT2D eigenvalue weighted by Gasteiger charge is 2.16. The molecule has 0 saturated carbocycles. The third-order valence-electron chi connectivity index (χ3n) is 4.28. The van der Waals surface area contributed by atoms with Crippen LogP contribution in [-0.2, 0) is 10.0 Å². The predicted octanol–water partition coefficient (Wildman–Crippen LogP) is 4.59. The van der Waals surface area contributed by atoms with E-state index >= 15 is 0 Å². The van der Waals surface area contributed by atoms with Gasteiger partial charge in [-0.2, -0.15) is 0 Å². The van der Waals surface area contributed by atoms with Crippen LogP contribution in [0.25, 0.3) is 0 Å². The molecule has 0 atom stereocenters. The molecule has 3 rings (SSSR count). The Morgan fingerprint density at radius 1 is 1.00 bits per heavy atom. The normalized spacial score (nSPS) is 11.0. The molecule has 30 heavy (non-hydrogen) atoms. The summed E-state index contributed by atoms with van der Waals surface area (Å²) in [4.78, 5) is 12.4. The molecule has 0 bridgehead atoms. The number of amides is 1. The number of carbonyl (C=O) groups is 1. The average Bonchev–Trinajstić information content (AvgIpc) is 2.71. The number of ether oxygens (including phenoxy) is 1. The van der Waals surface area contributed by atoms with E-state index in [1.807, 2.05) is 6.92 Å². The summed E-state index contributed by atoms with van der Waals surface area (Å²) in [5.41, 5.74) is 1.74. The monoisotopic (exact) mass is 428 g/mol. The lowest BCUT2D eigenvalue weighted by atomic mass is 10.1. The maximum Gasteiger partial charge on any atom is 0.261 e. The molecule has 156 valence electrons. The van der Waals surface area contributed by atoms with Crippen LogP contribution in [0.5, 0.6) is 5.75 Å². The van der Waals surface area contributed by atoms with Crippen LogP contribution in [0.4, 0.5) is 15.8 Å². The van der Waals surface area contributed by atoms with Crippen molar-refractivity contribution in [3.8, 4) is 5.75 Å². The fourth-order valence-corrected chi connectivity index (χ4v) is 3.81. The minimum Gasteiger partial charge on any atom is -0.494 e. The van der Waals surface area contributed by atoms with E-state index in [0.29, 0.717) is 29.3 Å². The lowest BCUT2D eigenvalue weighted by Gasteiger charge is -2.11. The zero-order valence-electron chi connectivity index (χ0n) is 16.5. The third-order valence-corrected chi connectivity index (χ3v) is 5.68. The van der Waals surface area contributed by atoms with Crippen molar-refractivity contribution in [3.63, 3.8) is 0 Å². The summed E-state index contributed by atoms with van der Waals surface area (Å²) in [6.07, 6.45) is 0. The van der Waals surface area contributed by atoms with Crippen molar-refractivity contribution in [1.29, 1.82) is 0 Å². The van der Waals surface area contributed by atoms with Gasteiger partial charge in [-0.3, -0.25) is 9.52 Å². The van der Waals surface area contributed by atoms with Gasteiger partial charge in [-0.1, -0.05) is 0 Å². The molecular formula is C22H21FN2O4S. The second-order valence-electron chi connectivity index (χ2n) is 6.50. The van der Waals surface area contributed by atoms with Crippen LogP contribution in [0.15, 0.2) is 71.6 Å². The standard InChI is InChI=1S/C22H21FN2O4S/c1-3-29-19-9-7-18(8-10-19)25-30(27,28)20-11-4-16(5-12-20)22(26)24-21-13-6-17(23)14-15(21)2/h4-14,25H,3H2,1-2H3,(H,24,26). The zero-order valence-corrected chi connectivity index (χ0v) is 17.3. The van der Waals surface area contributed by atoms with Crippen LogP contribution in [0.2, 0.25) is 0 Å². The van der Waals surface area contributed by atoms with Crippen LogP contribution in [0.3, 0.4) is 0 Å². The second-order valence-corrected chi connectivity index (χ2v) is 8.18. The molecule has 0 aromatic heterocycles. The van der Waals surface area contributed by atoms with Crippen molar-refractivity contribution in [2.45, 2.75) is 18.7 Å². The quantitative estimate of drug-likeness (QED) is 0.577. The van der Waals surface area contributed by atoms with E-state index < -0.39 is 15.9 Å². The summed E-state index contributed by atoms with van der Waals surface area (Å²) in [6, 6.07) is 16.1. The molecule has 1 amide bonds. The molecule has 0 aliphatic rings. The van der Waals surface area contributed by atoms with E-state index in [2.05, 4.69) is 10.0 Å². The van der Waals surface area contributed by atoms with Crippen molar-refractivity contribution in [3.05, 3.63) is 83.7 Å². The Kier molecular flexibility index (Phi) is 6.37. The van der Waals surface area contributed by atoms with Gasteiger partial charge in [-0.15, -0.1) is 0 Å². The van der Waals surface area contributed by atoms with Crippen LogP contribution in [0.1, 0.15) is 22.8 Å². The molecule has 0 heterocycles. The number of hydrogen-bond donors (Lipinski definition) is 2. The number of nitrogens with one attached hydrogen (secondary N) is 2. The van der Waals surface area contributed by atoms with Gasteiger partial charge >= 0.3 is 0 Å². The van der Waals surface area contributed by atoms with Crippen LogP contribution in [-0.4, -0.2) is 20.9 Å². The molecular weight excluding hydrogens is 407 g/mol. The van der Waals surface area contributed by atoms with E-state index in [4.69, 9.17) is 4.74 Å². The Morgan fingerprint density at radius 3 is 2.27 bits per heavy atom. The molecule has 3 aromatic rings. The van der Waals surface area contributed by atoms with Gasteiger partial charge < -0.3 is 10.1 Å². The second kappa shape index (κ2) is 8.96. The summed E-state index contributed by atoms with van der Waals surface area (Å²) in [7, 11) is -3.82. The molecule has 0 unspecified atom stereocenters. The highest BCUT2D eigenvalue weighted by atomic mass is 32.2. The van der Waals surface area contributed by atoms with E-state index in [1.165, 1.54) is 42.5 Å². The summed E-state index contributed by atoms with van der Waals surface area (Å²) >= 11 is 0. The van der Waals surface area contributed by atoms with Gasteiger partial charge in [0, 0.05) is 16.9 Å². The SMILES string of the molecule is CCOc1ccc(NS(=O)(=O)c2ccc(C(=O)Nc3ccc(F)cc3C)cc2)cc1. The number of benzene rings is 3. The maximum absolute atomic E-state index is 13.2. The molecule has 0 spiro atoms. The Morgan fingerprint density at radius 2 is 1.67 bits per heavy atom. The minimum absolute atomic E-state index is 0.0193. The lowest BCUT2D eigenvalue weighted by Crippen LogP contribution is -2.15. The fraction of sp³-hybridized carbons (Fsp3) is 0.136. The first-order valence-corrected chi connectivity index (χ1v) is 10.7. The molecule has 2 N–H and O–H groups in total. The van der Waals surface area contributed by atoms with Gasteiger partial charge in [-0.05, 0) is 86.1 Å². The first kappa shape index (κ1) is 21.3. The van der Waals surface area contributed by atoms with Gasteiger partial charge in [0.1, 0.15) is 11.6 Å². The molecule has 8 heteroatoms. The largest absolute Gasteiger partial charge is 0.494 e. The molecule has 0 saturated heterocycles. The van der Waals surface area contributed by atoms with Gasteiger partial charge in [0.25, 0.3) is 15.9 Å². The van der Waals surface area contributed by atoms with E-state index in [0.717, 1.165) is 0 Å². The topological polar surface area (TPSA) is 84.5 Å². The van der Waals surface area contributed by atoms with Crippen LogP contribution >= 0.6 is 0 Å². The number of carbonyl (C=O) groups excluding carboxylic acids is 1. The van der Waals surface area contributed by atoms with Crippen LogP contribution in [0, 0.1) is 12.7 Å². The van der Waals surface area contributed by atoms with E-state index in [-0.39, 0.29) is 16.3 Å². The molecule has 0 fully saturated rings. The highest BCUT2D eigenvalue weighted by Crippen LogP contribution is 2.21. The van der Waals surface area contributed by atoms with Crippen LogP contribution < -0.4 is 14.8 Å². The predicted molar refractivity (Wildman–Crippen MR) is 114 cm³/mol. The lowest BCUT2D eigenvalue weighted by molar-refractivity contribution is 0.102. The van der Waals surface area contributed by atoms with Crippen molar-refractivity contribution < 1.29 is 22.3 Å². The Labute approximate surface area is 174 Å². The first-order chi connectivity index (χ1) is 14.3. The summed E-state index contributed by atoms with van der Waals surface area (Å²) < 4.78 is 46.2. The van der Waals surface area contributed by atoms with Gasteiger partial charge in [0.05, 0.1) is 11.5 Å². The first-order valence-electron chi connectivity index (χ1n) is 9.22. The van der Waals surface area contributed by atoms with Gasteiger partial charge in [0.2, 0.25) is 0 Å². The molecule has 6 nitrogen and oxygen atoms in total. The number of aryl methyl sites for hydroxylation is 1. The van der Waals surface area contributed by atoms with Crippen molar-refractivity contribution in [1.82, 2.24) is 0 Å². The Bertz CT molecular complexity index is 1140. The van der Waals surface area contributed by atoms with Gasteiger partial charge in [0.15, 0.2) is 0 Å². The average molecular weight is 428 g/mol. The molecule has 0 aliphatic heterocycles. The Hall–Kier alpha value is -3.39. The number of sulfonamides is 1. The van der Waals surface area contributed by atoms with E-state index in [1.54, 1.807) is 31.2 Å². The molecule has 0 radical (unpaired) electrons. The smallest absolute Gasteiger partial charge is 0.261 e. The summed E-state index contributed by atoms with van der Waals surface area (Å²) in [6.45, 7) is 4.06. The van der Waals surface area contributed by atoms with Crippen molar-refractivity contribution in [2.24, 2.45) is 0 Å². The number of hydrogen-bond acceptors (Lipinski definition) is 4. The van der Waals surface area contributed by atoms with Gasteiger partial charge in [-0.25, -0.2) is 12.8 Å². The number of halogens is 1. The number of anilines is 2. The number of rotatable bonds is 7. The minimum atomic E-state index is -3.82. The zero-order chi connectivity index (χ0) is 21.7. The third kappa shape index (κ3) is 5.15. The van der Waals surface area contributed by atoms with E-state index in [9.17, 15) is 17.6 Å². The molecule has 0 aliphatic carbocycles. The van der Waals surface area contributed by atoms with Crippen molar-refractivity contribution in [2.75, 3.05) is 16.6 Å². The van der Waals surface area contributed by atoms with Crippen molar-refractivity contribution >= 4 is 27.3 Å². The summed E-state index contributed by atoms with van der Waals surface area (Å²) in [5, 5.41) is 2.68. The molecule has 3 aromatic carbocycles. The fourth-order valence-electron chi connectivity index (χ4n) is 2.75. The summed E-state index contributed by atoms with van der Waals surface area (Å²) in [5.74, 6) is -0.166. The highest BCUT2D eigenvalue weighted by molar-refractivity contribution is 7.92.